The number of sulfonamides is 1. The Morgan fingerprint density at radius 3 is 2.59 bits per heavy atom. The molecule has 1 unspecified atom stereocenters. The summed E-state index contributed by atoms with van der Waals surface area (Å²) in [7, 11) is -3.74. The van der Waals surface area contributed by atoms with Gasteiger partial charge in [0, 0.05) is 0 Å². The van der Waals surface area contributed by atoms with Gasteiger partial charge in [0.15, 0.2) is 5.75 Å². The molecule has 1 fully saturated rings. The van der Waals surface area contributed by atoms with Crippen LogP contribution in [0, 0.1) is 5.92 Å². The fourth-order valence-electron chi connectivity index (χ4n) is 1.41. The molecule has 0 bridgehead atoms. The van der Waals surface area contributed by atoms with E-state index in [-0.39, 0.29) is 17.5 Å². The van der Waals surface area contributed by atoms with Crippen LogP contribution in [0.15, 0.2) is 0 Å². The van der Waals surface area contributed by atoms with Crippen molar-refractivity contribution in [3.8, 4) is 0 Å². The number of ether oxygens (including phenoxy) is 1. The maximum absolute atomic E-state index is 11.6. The Labute approximate surface area is 106 Å². The third-order valence-corrected chi connectivity index (χ3v) is 3.80. The molecule has 6 nitrogen and oxygen atoms in total. The number of hydrogen-bond acceptors (Lipinski definition) is 5. The number of rotatable bonds is 7. The summed E-state index contributed by atoms with van der Waals surface area (Å²) in [6.45, 7) is 1.76. The van der Waals surface area contributed by atoms with Crippen molar-refractivity contribution in [2.75, 3.05) is 12.4 Å². The Morgan fingerprint density at radius 1 is 1.59 bits per heavy atom. The number of esters is 1. The standard InChI is InChI=1S/C9H16N2O4S2/c1-2-15-7(12)5-17(13,14)11-8(9(10)16)6-3-4-6/h6,8,11H,2-5H2,1H3,(H2,10,16). The fraction of sp³-hybridized carbons (Fsp3) is 0.778. The van der Waals surface area contributed by atoms with Crippen molar-refractivity contribution in [2.24, 2.45) is 11.7 Å². The van der Waals surface area contributed by atoms with E-state index in [0.717, 1.165) is 12.8 Å². The Bertz CT molecular complexity index is 403. The molecule has 1 atom stereocenters. The van der Waals surface area contributed by atoms with Crippen molar-refractivity contribution in [3.63, 3.8) is 0 Å². The van der Waals surface area contributed by atoms with E-state index in [1.54, 1.807) is 6.92 Å². The molecule has 8 heteroatoms. The van der Waals surface area contributed by atoms with Crippen LogP contribution in [-0.4, -0.2) is 37.8 Å². The van der Waals surface area contributed by atoms with Gasteiger partial charge in [0.2, 0.25) is 10.0 Å². The molecule has 1 saturated carbocycles. The Balaban J connectivity index is 2.58. The number of carbonyl (C=O) groups is 1. The second kappa shape index (κ2) is 5.74. The lowest BCUT2D eigenvalue weighted by Crippen LogP contribution is -2.46. The van der Waals surface area contributed by atoms with Crippen LogP contribution in [0.25, 0.3) is 0 Å². The largest absolute Gasteiger partial charge is 0.465 e. The summed E-state index contributed by atoms with van der Waals surface area (Å²) in [4.78, 5) is 11.2. The average molecular weight is 280 g/mol. The maximum Gasteiger partial charge on any atom is 0.322 e. The molecule has 1 rings (SSSR count). The highest BCUT2D eigenvalue weighted by Crippen LogP contribution is 2.33. The number of nitrogens with one attached hydrogen (secondary N) is 1. The molecule has 0 saturated heterocycles. The molecule has 0 aromatic heterocycles. The first-order chi connectivity index (χ1) is 7.85. The lowest BCUT2D eigenvalue weighted by atomic mass is 10.2. The van der Waals surface area contributed by atoms with Crippen molar-refractivity contribution in [2.45, 2.75) is 25.8 Å². The van der Waals surface area contributed by atoms with Crippen LogP contribution >= 0.6 is 12.2 Å². The predicted molar refractivity (Wildman–Crippen MR) is 66.9 cm³/mol. The van der Waals surface area contributed by atoms with Gasteiger partial charge in [-0.15, -0.1) is 0 Å². The zero-order valence-electron chi connectivity index (χ0n) is 9.51. The number of carbonyl (C=O) groups excluding carboxylic acids is 1. The minimum Gasteiger partial charge on any atom is -0.465 e. The third kappa shape index (κ3) is 4.97. The first kappa shape index (κ1) is 14.3. The summed E-state index contributed by atoms with van der Waals surface area (Å²) in [5, 5.41) is 0. The monoisotopic (exact) mass is 280 g/mol. The van der Waals surface area contributed by atoms with Crippen LogP contribution in [0.1, 0.15) is 19.8 Å². The lowest BCUT2D eigenvalue weighted by molar-refractivity contribution is -0.139. The molecule has 3 N–H and O–H groups in total. The highest BCUT2D eigenvalue weighted by molar-refractivity contribution is 7.90. The smallest absolute Gasteiger partial charge is 0.322 e. The zero-order valence-corrected chi connectivity index (χ0v) is 11.1. The SMILES string of the molecule is CCOC(=O)CS(=O)(=O)NC(C(N)=S)C1CC1. The van der Waals surface area contributed by atoms with Crippen LogP contribution in [0.5, 0.6) is 0 Å². The van der Waals surface area contributed by atoms with E-state index in [0.29, 0.717) is 0 Å². The summed E-state index contributed by atoms with van der Waals surface area (Å²) < 4.78 is 30.2. The summed E-state index contributed by atoms with van der Waals surface area (Å²) in [6.07, 6.45) is 1.79. The molecular weight excluding hydrogens is 264 g/mol. The van der Waals surface area contributed by atoms with Crippen LogP contribution in [0.2, 0.25) is 0 Å². The van der Waals surface area contributed by atoms with E-state index < -0.39 is 27.8 Å². The summed E-state index contributed by atoms with van der Waals surface area (Å²) in [5.74, 6) is -1.32. The fourth-order valence-corrected chi connectivity index (χ4v) is 2.92. The molecule has 0 aromatic rings. The van der Waals surface area contributed by atoms with Gasteiger partial charge in [0.05, 0.1) is 17.6 Å². The van der Waals surface area contributed by atoms with Gasteiger partial charge in [-0.2, -0.15) is 0 Å². The predicted octanol–water partition coefficient (Wildman–Crippen LogP) is -0.466. The Hall–Kier alpha value is -0.730. The van der Waals surface area contributed by atoms with E-state index >= 15 is 0 Å². The normalized spacial score (nSPS) is 17.5. The van der Waals surface area contributed by atoms with E-state index in [4.69, 9.17) is 18.0 Å². The zero-order chi connectivity index (χ0) is 13.1. The third-order valence-electron chi connectivity index (χ3n) is 2.32. The summed E-state index contributed by atoms with van der Waals surface area (Å²) in [5.41, 5.74) is 5.46. The number of nitrogens with two attached hydrogens (primary N) is 1. The average Bonchev–Trinajstić information content (AvgIpc) is 2.96. The molecule has 0 heterocycles. The van der Waals surface area contributed by atoms with Crippen molar-refractivity contribution in [1.82, 2.24) is 4.72 Å². The van der Waals surface area contributed by atoms with Gasteiger partial charge in [-0.25, -0.2) is 13.1 Å². The van der Waals surface area contributed by atoms with Gasteiger partial charge < -0.3 is 10.5 Å². The first-order valence-corrected chi connectivity index (χ1v) is 7.36. The molecule has 0 amide bonds. The van der Waals surface area contributed by atoms with E-state index in [9.17, 15) is 13.2 Å². The van der Waals surface area contributed by atoms with Crippen molar-refractivity contribution in [1.29, 1.82) is 0 Å². The van der Waals surface area contributed by atoms with Crippen molar-refractivity contribution >= 4 is 33.2 Å². The van der Waals surface area contributed by atoms with Crippen molar-refractivity contribution < 1.29 is 17.9 Å². The second-order valence-corrected chi connectivity index (χ2v) is 6.12. The van der Waals surface area contributed by atoms with Gasteiger partial charge >= 0.3 is 5.97 Å². The van der Waals surface area contributed by atoms with Gasteiger partial charge in [0.1, 0.15) is 0 Å². The quantitative estimate of drug-likeness (QED) is 0.483. The molecular formula is C9H16N2O4S2. The minimum absolute atomic E-state index is 0.111. The lowest BCUT2D eigenvalue weighted by Gasteiger charge is -2.16. The second-order valence-electron chi connectivity index (χ2n) is 3.90. The van der Waals surface area contributed by atoms with Gasteiger partial charge in [-0.3, -0.25) is 4.79 Å². The molecule has 98 valence electrons. The van der Waals surface area contributed by atoms with E-state index in [2.05, 4.69) is 9.46 Å². The topological polar surface area (TPSA) is 98.5 Å². The van der Waals surface area contributed by atoms with Gasteiger partial charge in [-0.05, 0) is 25.7 Å². The van der Waals surface area contributed by atoms with Crippen molar-refractivity contribution in [3.05, 3.63) is 0 Å². The maximum atomic E-state index is 11.6. The number of thiocarbonyl (C=S) groups is 1. The van der Waals surface area contributed by atoms with Crippen LogP contribution < -0.4 is 10.5 Å². The van der Waals surface area contributed by atoms with E-state index in [1.165, 1.54) is 0 Å². The molecule has 1 aliphatic rings. The Morgan fingerprint density at radius 2 is 2.18 bits per heavy atom. The molecule has 0 spiro atoms. The summed E-state index contributed by atoms with van der Waals surface area (Å²) >= 11 is 4.80. The summed E-state index contributed by atoms with van der Waals surface area (Å²) in [6, 6.07) is -0.551. The highest BCUT2D eigenvalue weighted by atomic mass is 32.2. The van der Waals surface area contributed by atoms with E-state index in [1.807, 2.05) is 0 Å². The number of hydrogen-bond donors (Lipinski definition) is 2. The molecule has 17 heavy (non-hydrogen) atoms. The Kier molecular flexibility index (Phi) is 4.84. The van der Waals surface area contributed by atoms with Crippen LogP contribution in [0.4, 0.5) is 0 Å². The molecule has 0 radical (unpaired) electrons. The van der Waals surface area contributed by atoms with Gasteiger partial charge in [0.25, 0.3) is 0 Å². The van der Waals surface area contributed by atoms with Crippen LogP contribution in [-0.2, 0) is 19.6 Å². The van der Waals surface area contributed by atoms with Gasteiger partial charge in [-0.1, -0.05) is 12.2 Å². The highest BCUT2D eigenvalue weighted by Gasteiger charge is 2.36. The molecule has 1 aliphatic carbocycles. The van der Waals surface area contributed by atoms with Crippen LogP contribution in [0.3, 0.4) is 0 Å². The molecule has 0 aromatic carbocycles. The minimum atomic E-state index is -3.74. The molecule has 0 aliphatic heterocycles. The first-order valence-electron chi connectivity index (χ1n) is 5.30.